The van der Waals surface area contributed by atoms with Crippen molar-refractivity contribution in [2.45, 2.75) is 50.8 Å². The smallest absolute Gasteiger partial charge is 0.238 e. The SMILES string of the molecule is Cl.O=C(NCc1ccc(OC2CCCCC2)cc1)C1CSCN1. The monoisotopic (exact) mass is 356 g/mol. The van der Waals surface area contributed by atoms with E-state index in [0.29, 0.717) is 12.6 Å². The van der Waals surface area contributed by atoms with Crippen LogP contribution < -0.4 is 15.4 Å². The van der Waals surface area contributed by atoms with Crippen molar-refractivity contribution in [3.63, 3.8) is 0 Å². The zero-order chi connectivity index (χ0) is 15.2. The standard InChI is InChI=1S/C17H24N2O2S.ClH/c20-17(16-11-22-12-19-16)18-10-13-6-8-15(9-7-13)21-14-4-2-1-3-5-14;/h6-9,14,16,19H,1-5,10-12H2,(H,18,20);1H. The molecule has 0 bridgehead atoms. The molecule has 1 aromatic rings. The molecule has 1 aliphatic carbocycles. The number of hydrogen-bond donors (Lipinski definition) is 2. The molecule has 1 saturated heterocycles. The van der Waals surface area contributed by atoms with E-state index >= 15 is 0 Å². The Morgan fingerprint density at radius 1 is 1.22 bits per heavy atom. The summed E-state index contributed by atoms with van der Waals surface area (Å²) in [6.07, 6.45) is 6.62. The first-order chi connectivity index (χ1) is 10.8. The maximum atomic E-state index is 11.9. The van der Waals surface area contributed by atoms with Crippen molar-refractivity contribution in [2.24, 2.45) is 0 Å². The summed E-state index contributed by atoms with van der Waals surface area (Å²) in [5, 5.41) is 6.16. The van der Waals surface area contributed by atoms with Crippen LogP contribution in [0.4, 0.5) is 0 Å². The Morgan fingerprint density at radius 2 is 1.96 bits per heavy atom. The molecule has 1 heterocycles. The lowest BCUT2D eigenvalue weighted by atomic mass is 9.98. The summed E-state index contributed by atoms with van der Waals surface area (Å²) < 4.78 is 6.02. The summed E-state index contributed by atoms with van der Waals surface area (Å²) >= 11 is 1.76. The Bertz CT molecular complexity index is 486. The molecule has 128 valence electrons. The van der Waals surface area contributed by atoms with Gasteiger partial charge >= 0.3 is 0 Å². The van der Waals surface area contributed by atoms with Crippen LogP contribution in [0, 0.1) is 0 Å². The van der Waals surface area contributed by atoms with Gasteiger partial charge in [0, 0.05) is 18.2 Å². The Labute approximate surface area is 148 Å². The van der Waals surface area contributed by atoms with E-state index in [2.05, 4.69) is 10.6 Å². The van der Waals surface area contributed by atoms with Gasteiger partial charge in [0.25, 0.3) is 0 Å². The molecule has 2 N–H and O–H groups in total. The molecule has 1 aromatic carbocycles. The van der Waals surface area contributed by atoms with E-state index in [-0.39, 0.29) is 24.4 Å². The van der Waals surface area contributed by atoms with Crippen molar-refractivity contribution < 1.29 is 9.53 Å². The molecule has 1 unspecified atom stereocenters. The summed E-state index contributed by atoms with van der Waals surface area (Å²) in [7, 11) is 0. The van der Waals surface area contributed by atoms with Crippen LogP contribution in [0.3, 0.4) is 0 Å². The number of benzene rings is 1. The summed E-state index contributed by atoms with van der Waals surface area (Å²) in [5.41, 5.74) is 1.11. The van der Waals surface area contributed by atoms with E-state index in [9.17, 15) is 4.79 Å². The minimum Gasteiger partial charge on any atom is -0.490 e. The normalized spacial score (nSPS) is 21.5. The lowest BCUT2D eigenvalue weighted by molar-refractivity contribution is -0.122. The molecule has 23 heavy (non-hydrogen) atoms. The maximum absolute atomic E-state index is 11.9. The number of halogens is 1. The molecule has 1 saturated carbocycles. The fourth-order valence-corrected chi connectivity index (χ4v) is 3.88. The van der Waals surface area contributed by atoms with Crippen LogP contribution in [0.15, 0.2) is 24.3 Å². The third-order valence-electron chi connectivity index (χ3n) is 4.28. The number of rotatable bonds is 5. The molecular formula is C17H25ClN2O2S. The molecule has 4 nitrogen and oxygen atoms in total. The zero-order valence-electron chi connectivity index (χ0n) is 13.3. The first-order valence-electron chi connectivity index (χ1n) is 8.16. The van der Waals surface area contributed by atoms with Gasteiger partial charge in [-0.15, -0.1) is 24.2 Å². The quantitative estimate of drug-likeness (QED) is 0.851. The van der Waals surface area contributed by atoms with Crippen molar-refractivity contribution in [2.75, 3.05) is 11.6 Å². The third-order valence-corrected chi connectivity index (χ3v) is 5.22. The number of amides is 1. The fraction of sp³-hybridized carbons (Fsp3) is 0.588. The molecule has 0 spiro atoms. The average molecular weight is 357 g/mol. The second-order valence-electron chi connectivity index (χ2n) is 6.01. The summed E-state index contributed by atoms with van der Waals surface area (Å²) in [6.45, 7) is 0.575. The molecule has 0 aromatic heterocycles. The zero-order valence-corrected chi connectivity index (χ0v) is 14.9. The highest BCUT2D eigenvalue weighted by molar-refractivity contribution is 7.99. The van der Waals surface area contributed by atoms with Crippen molar-refractivity contribution in [3.8, 4) is 5.75 Å². The van der Waals surface area contributed by atoms with E-state index in [4.69, 9.17) is 4.74 Å². The number of carbonyl (C=O) groups excluding carboxylic acids is 1. The molecule has 1 atom stereocenters. The predicted octanol–water partition coefficient (Wildman–Crippen LogP) is 3.10. The number of carbonyl (C=O) groups is 1. The fourth-order valence-electron chi connectivity index (χ4n) is 2.94. The molecule has 1 amide bonds. The van der Waals surface area contributed by atoms with Crippen LogP contribution in [0.1, 0.15) is 37.7 Å². The van der Waals surface area contributed by atoms with Crippen molar-refractivity contribution in [1.29, 1.82) is 0 Å². The molecule has 1 aliphatic heterocycles. The molecular weight excluding hydrogens is 332 g/mol. The molecule has 6 heteroatoms. The molecule has 2 aliphatic rings. The number of ether oxygens (including phenoxy) is 1. The predicted molar refractivity (Wildman–Crippen MR) is 97.3 cm³/mol. The van der Waals surface area contributed by atoms with Gasteiger partial charge in [0.2, 0.25) is 5.91 Å². The Morgan fingerprint density at radius 3 is 2.61 bits per heavy atom. The van der Waals surface area contributed by atoms with Gasteiger partial charge in [-0.05, 0) is 43.4 Å². The van der Waals surface area contributed by atoms with Crippen LogP contribution >= 0.6 is 24.2 Å². The highest BCUT2D eigenvalue weighted by Crippen LogP contribution is 2.23. The first kappa shape index (κ1) is 18.4. The largest absolute Gasteiger partial charge is 0.490 e. The van der Waals surface area contributed by atoms with Crippen molar-refractivity contribution in [1.82, 2.24) is 10.6 Å². The van der Waals surface area contributed by atoms with E-state index in [1.165, 1.54) is 32.1 Å². The third kappa shape index (κ3) is 5.59. The molecule has 2 fully saturated rings. The maximum Gasteiger partial charge on any atom is 0.238 e. The van der Waals surface area contributed by atoms with Crippen molar-refractivity contribution in [3.05, 3.63) is 29.8 Å². The Kier molecular flexibility index (Phi) is 7.53. The van der Waals surface area contributed by atoms with E-state index < -0.39 is 0 Å². The minimum absolute atomic E-state index is 0. The van der Waals surface area contributed by atoms with Gasteiger partial charge < -0.3 is 10.1 Å². The summed E-state index contributed by atoms with van der Waals surface area (Å²) in [6, 6.07) is 8.06. The average Bonchev–Trinajstić information content (AvgIpc) is 3.09. The Balaban J connectivity index is 0.00000192. The van der Waals surface area contributed by atoms with E-state index in [0.717, 1.165) is 22.9 Å². The van der Waals surface area contributed by atoms with Crippen LogP contribution in [0.5, 0.6) is 5.75 Å². The van der Waals surface area contributed by atoms with E-state index in [1.54, 1.807) is 11.8 Å². The Hall–Kier alpha value is -0.910. The second kappa shape index (κ2) is 9.40. The van der Waals surface area contributed by atoms with Crippen LogP contribution in [-0.2, 0) is 11.3 Å². The first-order valence-corrected chi connectivity index (χ1v) is 9.31. The topological polar surface area (TPSA) is 50.4 Å². The molecule has 3 rings (SSSR count). The summed E-state index contributed by atoms with van der Waals surface area (Å²) in [5.74, 6) is 2.76. The summed E-state index contributed by atoms with van der Waals surface area (Å²) in [4.78, 5) is 11.9. The minimum atomic E-state index is -0.0427. The highest BCUT2D eigenvalue weighted by Gasteiger charge is 2.21. The highest BCUT2D eigenvalue weighted by atomic mass is 35.5. The van der Waals surface area contributed by atoms with Gasteiger partial charge in [-0.2, -0.15) is 0 Å². The van der Waals surface area contributed by atoms with Gasteiger partial charge in [-0.1, -0.05) is 18.6 Å². The van der Waals surface area contributed by atoms with Crippen molar-refractivity contribution >= 4 is 30.1 Å². The number of hydrogen-bond acceptors (Lipinski definition) is 4. The van der Waals surface area contributed by atoms with Crippen LogP contribution in [-0.4, -0.2) is 29.7 Å². The van der Waals surface area contributed by atoms with Crippen LogP contribution in [0.25, 0.3) is 0 Å². The number of thioether (sulfide) groups is 1. The van der Waals surface area contributed by atoms with Gasteiger partial charge in [-0.3, -0.25) is 10.1 Å². The lowest BCUT2D eigenvalue weighted by Crippen LogP contribution is -2.41. The molecule has 0 radical (unpaired) electrons. The van der Waals surface area contributed by atoms with Crippen LogP contribution in [0.2, 0.25) is 0 Å². The van der Waals surface area contributed by atoms with Gasteiger partial charge in [0.1, 0.15) is 5.75 Å². The van der Waals surface area contributed by atoms with Gasteiger partial charge in [0.05, 0.1) is 12.1 Å². The van der Waals surface area contributed by atoms with E-state index in [1.807, 2.05) is 24.3 Å². The van der Waals surface area contributed by atoms with Gasteiger partial charge in [0.15, 0.2) is 0 Å². The second-order valence-corrected chi connectivity index (χ2v) is 7.04. The number of nitrogens with one attached hydrogen (secondary N) is 2. The van der Waals surface area contributed by atoms with Gasteiger partial charge in [-0.25, -0.2) is 0 Å². The lowest BCUT2D eigenvalue weighted by Gasteiger charge is -2.23.